The molecule has 1 unspecified atom stereocenters. The number of likely N-dealkylation sites (N-methyl/N-ethyl adjacent to an activating group) is 1. The number of rotatable bonds is 6. The van der Waals surface area contributed by atoms with Crippen LogP contribution in [0.3, 0.4) is 0 Å². The third kappa shape index (κ3) is 3.65. The predicted octanol–water partition coefficient (Wildman–Crippen LogP) is 2.50. The van der Waals surface area contributed by atoms with Gasteiger partial charge < -0.3 is 10.4 Å². The van der Waals surface area contributed by atoms with Crippen molar-refractivity contribution in [1.82, 2.24) is 5.32 Å². The molecule has 0 bridgehead atoms. The molecule has 0 aliphatic carbocycles. The van der Waals surface area contributed by atoms with Gasteiger partial charge >= 0.3 is 0 Å². The second-order valence-corrected chi connectivity index (χ2v) is 3.81. The lowest BCUT2D eigenvalue weighted by Crippen LogP contribution is -2.34. The van der Waals surface area contributed by atoms with Crippen LogP contribution in [0.4, 0.5) is 0 Å². The molecule has 0 heterocycles. The molecule has 1 aromatic carbocycles. The number of hydrogen-bond acceptors (Lipinski definition) is 2. The van der Waals surface area contributed by atoms with Crippen molar-refractivity contribution in [3.63, 3.8) is 0 Å². The lowest BCUT2D eigenvalue weighted by molar-refractivity contribution is 0.124. The molecule has 0 amide bonds. The van der Waals surface area contributed by atoms with Crippen molar-refractivity contribution in [2.45, 2.75) is 38.8 Å². The van der Waals surface area contributed by atoms with Gasteiger partial charge in [-0.05, 0) is 18.5 Å². The van der Waals surface area contributed by atoms with E-state index in [-0.39, 0.29) is 6.04 Å². The summed E-state index contributed by atoms with van der Waals surface area (Å²) in [5.74, 6) is 0. The maximum atomic E-state index is 10.2. The van der Waals surface area contributed by atoms with Gasteiger partial charge in [0, 0.05) is 6.04 Å². The van der Waals surface area contributed by atoms with E-state index in [0.717, 1.165) is 24.9 Å². The molecule has 1 aromatic rings. The van der Waals surface area contributed by atoms with E-state index in [1.54, 1.807) is 0 Å². The highest BCUT2D eigenvalue weighted by Crippen LogP contribution is 2.19. The number of hydrogen-bond donors (Lipinski definition) is 2. The highest BCUT2D eigenvalue weighted by atomic mass is 16.3. The number of nitrogens with one attached hydrogen (secondary N) is 1. The van der Waals surface area contributed by atoms with Gasteiger partial charge in [0.2, 0.25) is 0 Å². The van der Waals surface area contributed by atoms with Gasteiger partial charge in [-0.15, -0.1) is 0 Å². The zero-order valence-electron chi connectivity index (χ0n) is 9.61. The van der Waals surface area contributed by atoms with E-state index in [1.807, 2.05) is 30.3 Å². The van der Waals surface area contributed by atoms with Crippen molar-refractivity contribution in [2.75, 3.05) is 6.54 Å². The Balaban J connectivity index is 2.67. The zero-order valence-corrected chi connectivity index (χ0v) is 9.61. The largest absolute Gasteiger partial charge is 0.387 e. The first kappa shape index (κ1) is 12.2. The van der Waals surface area contributed by atoms with Crippen LogP contribution in [0.2, 0.25) is 0 Å². The van der Waals surface area contributed by atoms with E-state index in [9.17, 15) is 5.11 Å². The minimum atomic E-state index is -0.397. The highest BCUT2D eigenvalue weighted by molar-refractivity contribution is 5.18. The first-order chi connectivity index (χ1) is 7.29. The Bertz CT molecular complexity index is 254. The molecule has 1 rings (SSSR count). The van der Waals surface area contributed by atoms with E-state index >= 15 is 0 Å². The summed E-state index contributed by atoms with van der Waals surface area (Å²) >= 11 is 0. The quantitative estimate of drug-likeness (QED) is 0.751. The van der Waals surface area contributed by atoms with Crippen molar-refractivity contribution in [3.05, 3.63) is 35.9 Å². The monoisotopic (exact) mass is 207 g/mol. The minimum absolute atomic E-state index is 0.169. The van der Waals surface area contributed by atoms with Gasteiger partial charge in [0.1, 0.15) is 0 Å². The van der Waals surface area contributed by atoms with E-state index in [4.69, 9.17) is 0 Å². The van der Waals surface area contributed by atoms with Gasteiger partial charge in [-0.25, -0.2) is 0 Å². The highest BCUT2D eigenvalue weighted by Gasteiger charge is 2.18. The zero-order chi connectivity index (χ0) is 11.1. The fourth-order valence-electron chi connectivity index (χ4n) is 1.83. The van der Waals surface area contributed by atoms with E-state index in [0.29, 0.717) is 0 Å². The smallest absolute Gasteiger partial charge is 0.0942 e. The fraction of sp³-hybridized carbons (Fsp3) is 0.538. The summed E-state index contributed by atoms with van der Waals surface area (Å²) in [7, 11) is 0. The van der Waals surface area contributed by atoms with Gasteiger partial charge in [-0.2, -0.15) is 0 Å². The molecule has 0 aliphatic rings. The SMILES string of the molecule is CCCC(NCC)[C@H](O)c1ccccc1. The molecule has 0 radical (unpaired) electrons. The summed E-state index contributed by atoms with van der Waals surface area (Å²) in [4.78, 5) is 0. The van der Waals surface area contributed by atoms with Crippen LogP contribution in [-0.2, 0) is 0 Å². The Hall–Kier alpha value is -0.860. The van der Waals surface area contributed by atoms with Gasteiger partial charge in [0.15, 0.2) is 0 Å². The molecule has 15 heavy (non-hydrogen) atoms. The Labute approximate surface area is 92.3 Å². The third-order valence-corrected chi connectivity index (χ3v) is 2.59. The second kappa shape index (κ2) is 6.59. The fourth-order valence-corrected chi connectivity index (χ4v) is 1.83. The molecule has 2 nitrogen and oxygen atoms in total. The summed E-state index contributed by atoms with van der Waals surface area (Å²) in [6.45, 7) is 5.11. The summed E-state index contributed by atoms with van der Waals surface area (Å²) in [5.41, 5.74) is 0.997. The molecule has 0 saturated carbocycles. The Morgan fingerprint density at radius 2 is 1.87 bits per heavy atom. The number of aliphatic hydroxyl groups excluding tert-OH is 1. The van der Waals surface area contributed by atoms with Crippen molar-refractivity contribution in [3.8, 4) is 0 Å². The second-order valence-electron chi connectivity index (χ2n) is 3.81. The Morgan fingerprint density at radius 1 is 1.20 bits per heavy atom. The van der Waals surface area contributed by atoms with Crippen LogP contribution in [0.5, 0.6) is 0 Å². The van der Waals surface area contributed by atoms with Crippen LogP contribution in [0.15, 0.2) is 30.3 Å². The lowest BCUT2D eigenvalue weighted by atomic mass is 9.99. The first-order valence-electron chi connectivity index (χ1n) is 5.76. The molecule has 0 aliphatic heterocycles. The van der Waals surface area contributed by atoms with E-state index < -0.39 is 6.10 Å². The number of aliphatic hydroxyl groups is 1. The molecular formula is C13H21NO. The van der Waals surface area contributed by atoms with E-state index in [1.165, 1.54) is 0 Å². The van der Waals surface area contributed by atoms with Crippen LogP contribution in [0.25, 0.3) is 0 Å². The molecule has 2 heteroatoms. The molecule has 0 aromatic heterocycles. The van der Waals surface area contributed by atoms with Gasteiger partial charge in [0.05, 0.1) is 6.10 Å². The van der Waals surface area contributed by atoms with Gasteiger partial charge in [0.25, 0.3) is 0 Å². The topological polar surface area (TPSA) is 32.3 Å². The molecule has 2 N–H and O–H groups in total. The standard InChI is InChI=1S/C13H21NO/c1-3-8-12(14-4-2)13(15)11-9-6-5-7-10-11/h5-7,9-10,12-15H,3-4,8H2,1-2H3/t12?,13-/m1/s1. The average Bonchev–Trinajstić information content (AvgIpc) is 2.29. The Morgan fingerprint density at radius 3 is 2.40 bits per heavy atom. The van der Waals surface area contributed by atoms with Gasteiger partial charge in [-0.3, -0.25) is 0 Å². The summed E-state index contributed by atoms with van der Waals surface area (Å²) in [6.07, 6.45) is 1.69. The lowest BCUT2D eigenvalue weighted by Gasteiger charge is -2.23. The molecule has 2 atom stereocenters. The van der Waals surface area contributed by atoms with Crippen molar-refractivity contribution < 1.29 is 5.11 Å². The molecule has 0 spiro atoms. The van der Waals surface area contributed by atoms with Gasteiger partial charge in [-0.1, -0.05) is 50.6 Å². The van der Waals surface area contributed by atoms with Crippen LogP contribution in [0, 0.1) is 0 Å². The van der Waals surface area contributed by atoms with Crippen molar-refractivity contribution in [1.29, 1.82) is 0 Å². The average molecular weight is 207 g/mol. The maximum absolute atomic E-state index is 10.2. The molecule has 84 valence electrons. The van der Waals surface area contributed by atoms with Crippen LogP contribution in [0.1, 0.15) is 38.4 Å². The third-order valence-electron chi connectivity index (χ3n) is 2.59. The van der Waals surface area contributed by atoms with Crippen molar-refractivity contribution in [2.24, 2.45) is 0 Å². The summed E-state index contributed by atoms with van der Waals surface area (Å²) in [5, 5.41) is 13.5. The maximum Gasteiger partial charge on any atom is 0.0942 e. The van der Waals surface area contributed by atoms with Crippen LogP contribution < -0.4 is 5.32 Å². The summed E-state index contributed by atoms with van der Waals surface area (Å²) < 4.78 is 0. The first-order valence-corrected chi connectivity index (χ1v) is 5.76. The van der Waals surface area contributed by atoms with E-state index in [2.05, 4.69) is 19.2 Å². The minimum Gasteiger partial charge on any atom is -0.387 e. The molecular weight excluding hydrogens is 186 g/mol. The number of benzene rings is 1. The van der Waals surface area contributed by atoms with Crippen LogP contribution >= 0.6 is 0 Å². The molecule has 0 saturated heterocycles. The summed E-state index contributed by atoms with van der Waals surface area (Å²) in [6, 6.07) is 10.0. The normalized spacial score (nSPS) is 14.9. The Kier molecular flexibility index (Phi) is 5.37. The van der Waals surface area contributed by atoms with Crippen LogP contribution in [-0.4, -0.2) is 17.7 Å². The predicted molar refractivity (Wildman–Crippen MR) is 63.8 cm³/mol. The van der Waals surface area contributed by atoms with Crippen molar-refractivity contribution >= 4 is 0 Å². The molecule has 0 fully saturated rings.